The van der Waals surface area contributed by atoms with Gasteiger partial charge in [-0.2, -0.15) is 0 Å². The molecule has 0 N–H and O–H groups in total. The number of benzene rings is 3. The summed E-state index contributed by atoms with van der Waals surface area (Å²) in [6.07, 6.45) is 32.3. The van der Waals surface area contributed by atoms with Crippen molar-refractivity contribution in [1.82, 2.24) is 0 Å². The molecule has 1 unspecified atom stereocenters. The summed E-state index contributed by atoms with van der Waals surface area (Å²) in [6, 6.07) is 2.27. The van der Waals surface area contributed by atoms with Gasteiger partial charge in [-0.1, -0.05) is 175 Å². The molecule has 0 aliphatic heterocycles. The summed E-state index contributed by atoms with van der Waals surface area (Å²) >= 11 is 0. The molecule has 0 spiro atoms. The number of nitrogens with zero attached hydrogens (tertiary/aromatic N) is 1. The number of quaternary nitrogens is 1. The Labute approximate surface area is 433 Å². The first-order valence-corrected chi connectivity index (χ1v) is 28.2. The normalized spacial score (nSPS) is 12.6. The van der Waals surface area contributed by atoms with E-state index in [2.05, 4.69) is 20.8 Å². The maximum atomic E-state index is 17.2. The zero-order chi connectivity index (χ0) is 53.5. The van der Waals surface area contributed by atoms with E-state index in [0.29, 0.717) is 69.2 Å². The summed E-state index contributed by atoms with van der Waals surface area (Å²) in [4.78, 5) is 0. The first-order valence-electron chi connectivity index (χ1n) is 28.2. The van der Waals surface area contributed by atoms with Gasteiger partial charge in [0.15, 0.2) is 52.4 Å². The van der Waals surface area contributed by atoms with Crippen LogP contribution in [0.15, 0.2) is 30.3 Å². The Morgan fingerprint density at radius 3 is 0.959 bits per heavy atom. The molecule has 15 heteroatoms. The molecule has 0 aromatic heterocycles. The first kappa shape index (κ1) is 63.7. The van der Waals surface area contributed by atoms with Gasteiger partial charge in [-0.3, -0.25) is 4.48 Å². The minimum absolute atomic E-state index is 0.00115. The van der Waals surface area contributed by atoms with Gasteiger partial charge in [-0.25, -0.2) is 39.5 Å². The molecule has 0 heterocycles. The lowest BCUT2D eigenvalue weighted by molar-refractivity contribution is -1.01. The van der Waals surface area contributed by atoms with Crippen LogP contribution in [0, 0.1) is 52.4 Å². The Hall–Kier alpha value is -3.59. The van der Waals surface area contributed by atoms with Crippen LogP contribution in [-0.2, 0) is 10.5 Å². The lowest BCUT2D eigenvalue weighted by Crippen LogP contribution is -2.64. The van der Waals surface area contributed by atoms with E-state index in [0.717, 1.165) is 77.0 Å². The number of hydrogen-bond acceptors (Lipinski definition) is 4. The highest BCUT2D eigenvalue weighted by Gasteiger charge is 2.54. The monoisotopic (exact) mass is 1040 g/mol. The van der Waals surface area contributed by atoms with Crippen LogP contribution in [0.4, 0.5) is 39.5 Å². The number of unbranched alkanes of at least 4 members (excludes halogenated alkanes) is 27. The van der Waals surface area contributed by atoms with E-state index < -0.39 is 88.2 Å². The highest BCUT2D eigenvalue weighted by molar-refractivity contribution is 6.39. The van der Waals surface area contributed by atoms with E-state index in [1.807, 2.05) is 0 Å². The minimum atomic E-state index is -2.41. The van der Waals surface area contributed by atoms with Crippen LogP contribution in [0.25, 0.3) is 0 Å². The van der Waals surface area contributed by atoms with Gasteiger partial charge >= 0.3 is 7.32 Å². The molecule has 3 rings (SSSR count). The van der Waals surface area contributed by atoms with Crippen molar-refractivity contribution in [2.24, 2.45) is 0 Å². The van der Waals surface area contributed by atoms with Crippen LogP contribution in [0.2, 0.25) is 0 Å². The zero-order valence-corrected chi connectivity index (χ0v) is 45.0. The summed E-state index contributed by atoms with van der Waals surface area (Å²) in [5.74, 6) is -17.8. The van der Waals surface area contributed by atoms with E-state index in [9.17, 15) is 26.3 Å². The number of halogens is 9. The first-order chi connectivity index (χ1) is 35.2. The fourth-order valence-electron chi connectivity index (χ4n) is 10.1. The van der Waals surface area contributed by atoms with Gasteiger partial charge in [-0.05, 0) is 45.4 Å². The van der Waals surface area contributed by atoms with Crippen molar-refractivity contribution in [3.8, 4) is 17.2 Å². The molecule has 3 aromatic rings. The van der Waals surface area contributed by atoms with Crippen molar-refractivity contribution in [2.45, 2.75) is 233 Å². The fourth-order valence-corrected chi connectivity index (χ4v) is 10.1. The van der Waals surface area contributed by atoms with E-state index in [4.69, 9.17) is 18.7 Å². The van der Waals surface area contributed by atoms with Crippen molar-refractivity contribution >= 4 is 7.32 Å². The van der Waals surface area contributed by atoms with Crippen LogP contribution in [0.5, 0.6) is 17.2 Å². The second-order valence-corrected chi connectivity index (χ2v) is 20.2. The maximum absolute atomic E-state index is 17.2. The van der Waals surface area contributed by atoms with Gasteiger partial charge in [0.1, 0.15) is 22.8 Å². The topological polar surface area (TPSA) is 36.9 Å². The highest BCUT2D eigenvalue weighted by atomic mass is 19.2. The molecule has 0 fully saturated rings. The Morgan fingerprint density at radius 2 is 0.658 bits per heavy atom. The lowest BCUT2D eigenvalue weighted by Gasteiger charge is -2.52. The molecule has 0 aliphatic carbocycles. The standard InChI is InChI=1S/C58H88BF9NO4/c1-6-10-13-16-19-22-25-28-31-34-37-69(38-35-32-29-26-23-20-17-14-11-7-2,39-36-33-30-27-24-21-18-15-12-8-3)58(5,70-9-4)53-52(44-51(64)56(67)57(53)68)73-59(71-45-40-47(60)54(65)48(61)41-45)72-46-42-49(62)55(66)50(63)43-46/h40-44H,6-39H2,1-5H3/q+1. The third-order valence-corrected chi connectivity index (χ3v) is 14.3. The molecule has 0 saturated carbocycles. The number of ether oxygens (including phenoxy) is 1. The van der Waals surface area contributed by atoms with E-state index in [1.165, 1.54) is 96.3 Å². The molecule has 0 radical (unpaired) electrons. The summed E-state index contributed by atoms with van der Waals surface area (Å²) in [5.41, 5.74) is -2.34. The van der Waals surface area contributed by atoms with Gasteiger partial charge in [0, 0.05) is 37.3 Å². The SMILES string of the molecule is CCCCCCCCCCCC[N+](CCCCCCCCCCCC)(CCCCCCCCCCCC)C(C)(OCC)c1c(OB(Oc2cc(F)c(F)c(F)c2)Oc2cc(F)c(F)c(F)c2)cc(F)c(F)c1F. The van der Waals surface area contributed by atoms with Gasteiger partial charge in [0.25, 0.3) is 0 Å². The summed E-state index contributed by atoms with van der Waals surface area (Å²) < 4.78 is 159. The molecule has 0 aliphatic rings. The molecule has 0 amide bonds. The second kappa shape index (κ2) is 35.6. The van der Waals surface area contributed by atoms with Crippen molar-refractivity contribution in [3.63, 3.8) is 0 Å². The molecule has 5 nitrogen and oxygen atoms in total. The van der Waals surface area contributed by atoms with Crippen molar-refractivity contribution < 1.29 is 62.7 Å². The molecule has 0 saturated heterocycles. The van der Waals surface area contributed by atoms with Crippen molar-refractivity contribution in [3.05, 3.63) is 88.3 Å². The third-order valence-electron chi connectivity index (χ3n) is 14.3. The van der Waals surface area contributed by atoms with Gasteiger partial charge in [0.05, 0.1) is 26.2 Å². The largest absolute Gasteiger partial charge is 0.864 e. The lowest BCUT2D eigenvalue weighted by atomic mass is 9.93. The Balaban J connectivity index is 2.16. The van der Waals surface area contributed by atoms with Crippen LogP contribution in [0.3, 0.4) is 0 Å². The molecule has 3 aromatic carbocycles. The predicted octanol–water partition coefficient (Wildman–Crippen LogP) is 19.2. The van der Waals surface area contributed by atoms with E-state index in [1.54, 1.807) is 13.8 Å². The number of rotatable bonds is 43. The van der Waals surface area contributed by atoms with Gasteiger partial charge in [-0.15, -0.1) is 0 Å². The average molecular weight is 1050 g/mol. The molecule has 414 valence electrons. The van der Waals surface area contributed by atoms with Gasteiger partial charge in [0.2, 0.25) is 5.72 Å². The molecule has 0 bridgehead atoms. The quantitative estimate of drug-likeness (QED) is 0.0141. The van der Waals surface area contributed by atoms with Crippen LogP contribution < -0.4 is 14.0 Å². The van der Waals surface area contributed by atoms with E-state index >= 15 is 13.2 Å². The fraction of sp³-hybridized carbons (Fsp3) is 0.690. The maximum Gasteiger partial charge on any atom is 0.864 e. The van der Waals surface area contributed by atoms with Crippen LogP contribution in [0.1, 0.15) is 233 Å². The predicted molar refractivity (Wildman–Crippen MR) is 276 cm³/mol. The second-order valence-electron chi connectivity index (χ2n) is 20.2. The van der Waals surface area contributed by atoms with Gasteiger partial charge < -0.3 is 18.7 Å². The van der Waals surface area contributed by atoms with Crippen molar-refractivity contribution in [1.29, 1.82) is 0 Å². The van der Waals surface area contributed by atoms with Crippen molar-refractivity contribution in [2.75, 3.05) is 26.2 Å². The summed E-state index contributed by atoms with van der Waals surface area (Å²) in [5, 5.41) is 0. The summed E-state index contributed by atoms with van der Waals surface area (Å²) in [6.45, 7) is 11.4. The smallest absolute Gasteiger partial charge is 0.489 e. The molecule has 73 heavy (non-hydrogen) atoms. The zero-order valence-electron chi connectivity index (χ0n) is 45.0. The molecule has 1 atom stereocenters. The van der Waals surface area contributed by atoms with Crippen LogP contribution >= 0.6 is 0 Å². The molecular weight excluding hydrogens is 956 g/mol. The summed E-state index contributed by atoms with van der Waals surface area (Å²) in [7, 11) is -2.41. The van der Waals surface area contributed by atoms with E-state index in [-0.39, 0.29) is 11.1 Å². The molecular formula is C58H88BF9NO4+. The number of hydrogen-bond donors (Lipinski definition) is 0. The minimum Gasteiger partial charge on any atom is -0.489 e. The Morgan fingerprint density at radius 1 is 0.370 bits per heavy atom. The highest BCUT2D eigenvalue weighted by Crippen LogP contribution is 2.46. The third kappa shape index (κ3) is 21.5. The Bertz CT molecular complexity index is 1830. The van der Waals surface area contributed by atoms with Crippen LogP contribution in [-0.4, -0.2) is 38.0 Å². The Kier molecular flexibility index (Phi) is 31.1. The average Bonchev–Trinajstić information content (AvgIpc) is 3.35.